The van der Waals surface area contributed by atoms with Gasteiger partial charge in [-0.1, -0.05) is 12.1 Å². The van der Waals surface area contributed by atoms with Gasteiger partial charge in [0, 0.05) is 6.20 Å². The van der Waals surface area contributed by atoms with Crippen LogP contribution in [0, 0.1) is 11.3 Å². The molecule has 2 aromatic heterocycles. The fourth-order valence-corrected chi connectivity index (χ4v) is 2.10. The lowest BCUT2D eigenvalue weighted by atomic mass is 10.2. The highest BCUT2D eigenvalue weighted by Gasteiger charge is 2.14. The molecule has 1 atom stereocenters. The van der Waals surface area contributed by atoms with E-state index in [1.165, 1.54) is 6.92 Å². The van der Waals surface area contributed by atoms with Gasteiger partial charge in [-0.05, 0) is 36.8 Å². The van der Waals surface area contributed by atoms with Crippen LogP contribution in [0.5, 0.6) is 5.75 Å². The molecule has 3 aromatic rings. The zero-order valence-corrected chi connectivity index (χ0v) is 13.5. The molecule has 1 unspecified atom stereocenters. The second-order valence-corrected chi connectivity index (χ2v) is 5.37. The maximum atomic E-state index is 13.1. The minimum absolute atomic E-state index is 0.0535. The highest BCUT2D eigenvalue weighted by atomic mass is 19.1. The predicted octanol–water partition coefficient (Wildman–Crippen LogP) is 3.81. The Hall–Kier alpha value is -3.27. The van der Waals surface area contributed by atoms with E-state index in [2.05, 4.69) is 21.3 Å². The number of alkyl halides is 1. The van der Waals surface area contributed by atoms with Crippen LogP contribution in [0.4, 0.5) is 4.39 Å². The summed E-state index contributed by atoms with van der Waals surface area (Å²) in [6.45, 7) is 1.64. The molecule has 2 heterocycles. The molecule has 6 nitrogen and oxygen atoms in total. The van der Waals surface area contributed by atoms with Gasteiger partial charge in [-0.2, -0.15) is 5.26 Å². The Morgan fingerprint density at radius 2 is 2.00 bits per heavy atom. The van der Waals surface area contributed by atoms with Crippen molar-refractivity contribution < 1.29 is 13.5 Å². The Kier molecular flexibility index (Phi) is 5.00. The average Bonchev–Trinajstić information content (AvgIpc) is 3.12. The smallest absolute Gasteiger partial charge is 0.250 e. The number of rotatable bonds is 6. The molecule has 0 aliphatic carbocycles. The molecule has 0 spiro atoms. The predicted molar refractivity (Wildman–Crippen MR) is 87.1 cm³/mol. The summed E-state index contributed by atoms with van der Waals surface area (Å²) in [4.78, 5) is 4.28. The van der Waals surface area contributed by atoms with Gasteiger partial charge in [-0.3, -0.25) is 4.98 Å². The van der Waals surface area contributed by atoms with Gasteiger partial charge in [-0.15, -0.1) is 10.2 Å². The van der Waals surface area contributed by atoms with E-state index in [-0.39, 0.29) is 11.8 Å². The summed E-state index contributed by atoms with van der Waals surface area (Å²) in [5.41, 5.74) is 2.28. The topological polar surface area (TPSA) is 84.8 Å². The van der Waals surface area contributed by atoms with E-state index in [0.29, 0.717) is 24.3 Å². The van der Waals surface area contributed by atoms with E-state index in [0.717, 1.165) is 11.3 Å². The van der Waals surface area contributed by atoms with Gasteiger partial charge in [0.15, 0.2) is 6.17 Å². The molecule has 3 rings (SSSR count). The van der Waals surface area contributed by atoms with Crippen LogP contribution in [0.15, 0.2) is 47.0 Å². The van der Waals surface area contributed by atoms with E-state index in [1.807, 2.05) is 24.3 Å². The minimum Gasteiger partial charge on any atom is -0.487 e. The molecule has 25 heavy (non-hydrogen) atoms. The van der Waals surface area contributed by atoms with Gasteiger partial charge in [0.2, 0.25) is 5.89 Å². The van der Waals surface area contributed by atoms with Gasteiger partial charge in [-0.25, -0.2) is 4.39 Å². The number of pyridine rings is 1. The first-order valence-corrected chi connectivity index (χ1v) is 7.67. The lowest BCUT2D eigenvalue weighted by Crippen LogP contribution is -1.98. The number of ether oxygens (including phenoxy) is 1. The van der Waals surface area contributed by atoms with Crippen LogP contribution in [0.1, 0.15) is 30.2 Å². The normalized spacial score (nSPS) is 11.7. The molecule has 0 amide bonds. The van der Waals surface area contributed by atoms with E-state index >= 15 is 0 Å². The number of halogens is 1. The van der Waals surface area contributed by atoms with Gasteiger partial charge in [0.25, 0.3) is 5.89 Å². The summed E-state index contributed by atoms with van der Waals surface area (Å²) in [6.07, 6.45) is 0.651. The first-order chi connectivity index (χ1) is 12.2. The van der Waals surface area contributed by atoms with Crippen molar-refractivity contribution in [3.05, 3.63) is 59.7 Å². The summed E-state index contributed by atoms with van der Waals surface area (Å²) in [6, 6.07) is 13.0. The third-order valence-electron chi connectivity index (χ3n) is 3.45. The lowest BCUT2D eigenvalue weighted by molar-refractivity contribution is 0.300. The summed E-state index contributed by atoms with van der Waals surface area (Å²) in [5, 5.41) is 16.1. The molecule has 126 valence electrons. The number of hydrogen-bond acceptors (Lipinski definition) is 6. The maximum Gasteiger partial charge on any atom is 0.250 e. The van der Waals surface area contributed by atoms with Gasteiger partial charge in [0.05, 0.1) is 23.7 Å². The summed E-state index contributed by atoms with van der Waals surface area (Å²) < 4.78 is 24.0. The maximum absolute atomic E-state index is 13.1. The number of benzene rings is 1. The van der Waals surface area contributed by atoms with E-state index < -0.39 is 6.17 Å². The van der Waals surface area contributed by atoms with Crippen molar-refractivity contribution in [3.8, 4) is 23.3 Å². The Morgan fingerprint density at radius 1 is 1.20 bits per heavy atom. The zero-order valence-electron chi connectivity index (χ0n) is 13.5. The molecule has 0 saturated carbocycles. The van der Waals surface area contributed by atoms with Crippen molar-refractivity contribution in [2.24, 2.45) is 0 Å². The third-order valence-corrected chi connectivity index (χ3v) is 3.45. The Labute approximate surface area is 143 Å². The molecular formula is C18H15FN4O2. The SMILES string of the molecule is CC(F)c1nnc(-c2ccc(COc3ccc(CC#N)cc3)nc2)o1. The van der Waals surface area contributed by atoms with Crippen LogP contribution >= 0.6 is 0 Å². The first kappa shape index (κ1) is 16.6. The van der Waals surface area contributed by atoms with Crippen LogP contribution in [-0.4, -0.2) is 15.2 Å². The average molecular weight is 338 g/mol. The molecule has 1 aromatic carbocycles. The van der Waals surface area contributed by atoms with Crippen LogP contribution in [-0.2, 0) is 13.0 Å². The lowest BCUT2D eigenvalue weighted by Gasteiger charge is -2.06. The quantitative estimate of drug-likeness (QED) is 0.679. The van der Waals surface area contributed by atoms with Crippen molar-refractivity contribution in [3.63, 3.8) is 0 Å². The van der Waals surface area contributed by atoms with Crippen molar-refractivity contribution in [2.75, 3.05) is 0 Å². The molecular weight excluding hydrogens is 323 g/mol. The van der Waals surface area contributed by atoms with Crippen LogP contribution < -0.4 is 4.74 Å². The highest BCUT2D eigenvalue weighted by Crippen LogP contribution is 2.22. The number of aromatic nitrogens is 3. The van der Waals surface area contributed by atoms with Gasteiger partial charge in [0.1, 0.15) is 12.4 Å². The number of nitrogens with zero attached hydrogens (tertiary/aromatic N) is 4. The largest absolute Gasteiger partial charge is 0.487 e. The molecule has 0 bridgehead atoms. The molecule has 0 saturated heterocycles. The molecule has 0 radical (unpaired) electrons. The third kappa shape index (κ3) is 4.18. The molecule has 0 aliphatic heterocycles. The van der Waals surface area contributed by atoms with E-state index in [1.54, 1.807) is 18.3 Å². The molecule has 0 fully saturated rings. The number of nitriles is 1. The zero-order chi connectivity index (χ0) is 17.6. The van der Waals surface area contributed by atoms with Crippen molar-refractivity contribution in [1.29, 1.82) is 5.26 Å². The van der Waals surface area contributed by atoms with Gasteiger partial charge < -0.3 is 9.15 Å². The summed E-state index contributed by atoms with van der Waals surface area (Å²) in [5.74, 6) is 0.876. The fourth-order valence-electron chi connectivity index (χ4n) is 2.10. The summed E-state index contributed by atoms with van der Waals surface area (Å²) in [7, 11) is 0. The molecule has 0 aliphatic rings. The minimum atomic E-state index is -1.30. The standard InChI is InChI=1S/C18H15FN4O2/c1-12(19)17-22-23-18(25-17)14-4-5-15(21-10-14)11-24-16-6-2-13(3-7-16)8-9-20/h2-7,10,12H,8,11H2,1H3. The Balaban J connectivity index is 1.61. The Bertz CT molecular complexity index is 867. The second-order valence-electron chi connectivity index (χ2n) is 5.37. The van der Waals surface area contributed by atoms with Crippen molar-refractivity contribution in [1.82, 2.24) is 15.2 Å². The Morgan fingerprint density at radius 3 is 2.60 bits per heavy atom. The van der Waals surface area contributed by atoms with E-state index in [9.17, 15) is 4.39 Å². The van der Waals surface area contributed by atoms with Crippen LogP contribution in [0.2, 0.25) is 0 Å². The molecule has 7 heteroatoms. The monoisotopic (exact) mass is 338 g/mol. The van der Waals surface area contributed by atoms with Crippen LogP contribution in [0.25, 0.3) is 11.5 Å². The number of hydrogen-bond donors (Lipinski definition) is 0. The fraction of sp³-hybridized carbons (Fsp3) is 0.222. The van der Waals surface area contributed by atoms with E-state index in [4.69, 9.17) is 14.4 Å². The second kappa shape index (κ2) is 7.53. The van der Waals surface area contributed by atoms with Gasteiger partial charge >= 0.3 is 0 Å². The van der Waals surface area contributed by atoms with Crippen molar-refractivity contribution in [2.45, 2.75) is 26.1 Å². The van der Waals surface area contributed by atoms with Crippen molar-refractivity contribution >= 4 is 0 Å². The molecule has 0 N–H and O–H groups in total. The first-order valence-electron chi connectivity index (χ1n) is 7.67. The summed E-state index contributed by atoms with van der Waals surface area (Å²) >= 11 is 0. The highest BCUT2D eigenvalue weighted by molar-refractivity contribution is 5.50. The van der Waals surface area contributed by atoms with Crippen LogP contribution in [0.3, 0.4) is 0 Å².